The van der Waals surface area contributed by atoms with Crippen molar-refractivity contribution in [1.82, 2.24) is 20.0 Å². The first-order valence-corrected chi connectivity index (χ1v) is 11.4. The standard InChI is InChI=1S/C23H31N5O5/c1-3-24-22-26-25-20(33-22)18-6-4-16(5-7-18)17-8-11-28(12-9-17)19(29)14-27-13-10-23(15-27,32-2)21(30)31/h4-7,17H,3,8-15H2,1-2H3,(H,24,26)(H,30,31). The lowest BCUT2D eigenvalue weighted by Gasteiger charge is -2.33. The van der Waals surface area contributed by atoms with Crippen molar-refractivity contribution in [3.63, 3.8) is 0 Å². The molecule has 10 heteroatoms. The Balaban J connectivity index is 1.28. The van der Waals surface area contributed by atoms with Crippen LogP contribution in [0, 0.1) is 0 Å². The third-order valence-electron chi connectivity index (χ3n) is 6.68. The Labute approximate surface area is 192 Å². The van der Waals surface area contributed by atoms with E-state index in [-0.39, 0.29) is 19.0 Å². The summed E-state index contributed by atoms with van der Waals surface area (Å²) in [4.78, 5) is 28.1. The molecule has 2 saturated heterocycles. The molecule has 4 rings (SSSR count). The average Bonchev–Trinajstić information content (AvgIpc) is 3.47. The van der Waals surface area contributed by atoms with E-state index in [1.165, 1.54) is 12.7 Å². The molecule has 2 aliphatic rings. The molecular weight excluding hydrogens is 426 g/mol. The van der Waals surface area contributed by atoms with Gasteiger partial charge in [-0.3, -0.25) is 9.69 Å². The van der Waals surface area contributed by atoms with Gasteiger partial charge in [0, 0.05) is 51.8 Å². The third-order valence-corrected chi connectivity index (χ3v) is 6.68. The lowest BCUT2D eigenvalue weighted by molar-refractivity contribution is -0.160. The predicted octanol–water partition coefficient (Wildman–Crippen LogP) is 2.05. The second-order valence-electron chi connectivity index (χ2n) is 8.68. The molecule has 1 aromatic heterocycles. The Kier molecular flexibility index (Phi) is 6.94. The number of carbonyl (C=O) groups excluding carboxylic acids is 1. The van der Waals surface area contributed by atoms with Crippen molar-refractivity contribution in [1.29, 1.82) is 0 Å². The van der Waals surface area contributed by atoms with Gasteiger partial charge >= 0.3 is 12.0 Å². The number of nitrogens with one attached hydrogen (secondary N) is 1. The molecule has 1 amide bonds. The Morgan fingerprint density at radius 1 is 1.21 bits per heavy atom. The van der Waals surface area contributed by atoms with Gasteiger partial charge in [-0.15, -0.1) is 5.10 Å². The molecule has 3 heterocycles. The van der Waals surface area contributed by atoms with Crippen LogP contribution in [-0.4, -0.2) is 89.0 Å². The largest absolute Gasteiger partial charge is 0.479 e. The SMILES string of the molecule is CCNc1nnc(-c2ccc(C3CCN(C(=O)CN4CCC(OC)(C(=O)O)C4)CC3)cc2)o1. The molecule has 0 spiro atoms. The number of anilines is 1. The Bertz CT molecular complexity index is 970. The highest BCUT2D eigenvalue weighted by Gasteiger charge is 2.45. The van der Waals surface area contributed by atoms with Crippen LogP contribution < -0.4 is 5.32 Å². The number of benzene rings is 1. The van der Waals surface area contributed by atoms with Crippen molar-refractivity contribution in [3.8, 4) is 11.5 Å². The number of hydrogen-bond acceptors (Lipinski definition) is 8. The van der Waals surface area contributed by atoms with E-state index in [4.69, 9.17) is 9.15 Å². The molecule has 0 saturated carbocycles. The monoisotopic (exact) mass is 457 g/mol. The van der Waals surface area contributed by atoms with E-state index in [1.54, 1.807) is 0 Å². The molecule has 2 N–H and O–H groups in total. The zero-order valence-electron chi connectivity index (χ0n) is 19.1. The van der Waals surface area contributed by atoms with Crippen molar-refractivity contribution in [2.45, 2.75) is 37.7 Å². The highest BCUT2D eigenvalue weighted by molar-refractivity contribution is 5.80. The maximum absolute atomic E-state index is 12.8. The number of amides is 1. The highest BCUT2D eigenvalue weighted by Crippen LogP contribution is 2.31. The number of methoxy groups -OCH3 is 1. The maximum Gasteiger partial charge on any atom is 0.337 e. The Morgan fingerprint density at radius 3 is 2.55 bits per heavy atom. The first kappa shape index (κ1) is 23.2. The van der Waals surface area contributed by atoms with E-state index in [1.807, 2.05) is 28.9 Å². The summed E-state index contributed by atoms with van der Waals surface area (Å²) in [6.45, 7) is 5.10. The zero-order valence-corrected chi connectivity index (χ0v) is 19.1. The quantitative estimate of drug-likeness (QED) is 0.613. The maximum atomic E-state index is 12.8. The minimum atomic E-state index is -1.20. The smallest absolute Gasteiger partial charge is 0.337 e. The number of carboxylic acids is 1. The van der Waals surface area contributed by atoms with Gasteiger partial charge in [-0.05, 0) is 43.4 Å². The van der Waals surface area contributed by atoms with E-state index in [9.17, 15) is 14.7 Å². The zero-order chi connectivity index (χ0) is 23.4. The van der Waals surface area contributed by atoms with Gasteiger partial charge in [0.05, 0.1) is 6.54 Å². The lowest BCUT2D eigenvalue weighted by atomic mass is 9.89. The van der Waals surface area contributed by atoms with Gasteiger partial charge in [-0.25, -0.2) is 4.79 Å². The summed E-state index contributed by atoms with van der Waals surface area (Å²) in [5, 5.41) is 20.5. The van der Waals surface area contributed by atoms with Gasteiger partial charge in [0.1, 0.15) is 0 Å². The van der Waals surface area contributed by atoms with Crippen LogP contribution in [0.1, 0.15) is 37.7 Å². The summed E-state index contributed by atoms with van der Waals surface area (Å²) < 4.78 is 10.8. The summed E-state index contributed by atoms with van der Waals surface area (Å²) in [6.07, 6.45) is 2.19. The molecule has 0 radical (unpaired) electrons. The van der Waals surface area contributed by atoms with Gasteiger partial charge < -0.3 is 24.5 Å². The topological polar surface area (TPSA) is 121 Å². The van der Waals surface area contributed by atoms with Gasteiger partial charge in [0.25, 0.3) is 0 Å². The fourth-order valence-electron chi connectivity index (χ4n) is 4.64. The number of aromatic nitrogens is 2. The summed E-state index contributed by atoms with van der Waals surface area (Å²) in [6, 6.07) is 8.59. The van der Waals surface area contributed by atoms with Crippen molar-refractivity contribution >= 4 is 17.9 Å². The fourth-order valence-corrected chi connectivity index (χ4v) is 4.64. The molecule has 178 valence electrons. The van der Waals surface area contributed by atoms with Crippen LogP contribution in [0.15, 0.2) is 28.7 Å². The lowest BCUT2D eigenvalue weighted by Crippen LogP contribution is -2.46. The highest BCUT2D eigenvalue weighted by atomic mass is 16.5. The first-order valence-electron chi connectivity index (χ1n) is 11.4. The van der Waals surface area contributed by atoms with Gasteiger partial charge in [0.15, 0.2) is 5.60 Å². The number of likely N-dealkylation sites (tertiary alicyclic amines) is 2. The number of hydrogen-bond donors (Lipinski definition) is 2. The molecule has 0 bridgehead atoms. The molecule has 33 heavy (non-hydrogen) atoms. The molecule has 10 nitrogen and oxygen atoms in total. The van der Waals surface area contributed by atoms with E-state index in [0.29, 0.717) is 43.9 Å². The summed E-state index contributed by atoms with van der Waals surface area (Å²) in [7, 11) is 1.42. The summed E-state index contributed by atoms with van der Waals surface area (Å²) in [5.41, 5.74) is 0.916. The van der Waals surface area contributed by atoms with Crippen LogP contribution in [0.5, 0.6) is 0 Å². The number of rotatable bonds is 8. The molecule has 2 aromatic rings. The van der Waals surface area contributed by atoms with Crippen molar-refractivity contribution in [3.05, 3.63) is 29.8 Å². The Morgan fingerprint density at radius 2 is 1.94 bits per heavy atom. The van der Waals surface area contributed by atoms with Crippen molar-refractivity contribution in [2.75, 3.05) is 51.7 Å². The van der Waals surface area contributed by atoms with E-state index in [2.05, 4.69) is 27.6 Å². The molecule has 2 fully saturated rings. The summed E-state index contributed by atoms with van der Waals surface area (Å²) in [5.74, 6) is -0.0406. The number of nitrogens with zero attached hydrogens (tertiary/aromatic N) is 4. The average molecular weight is 458 g/mol. The van der Waals surface area contributed by atoms with Crippen LogP contribution in [0.4, 0.5) is 6.01 Å². The molecular formula is C23H31N5O5. The molecule has 1 unspecified atom stereocenters. The number of aliphatic carboxylic acids is 1. The fraction of sp³-hybridized carbons (Fsp3) is 0.565. The second kappa shape index (κ2) is 9.88. The van der Waals surface area contributed by atoms with E-state index in [0.717, 1.165) is 24.9 Å². The summed E-state index contributed by atoms with van der Waals surface area (Å²) >= 11 is 0. The number of carbonyl (C=O) groups is 2. The first-order chi connectivity index (χ1) is 15.9. The number of carboxylic acid groups (broad SMARTS) is 1. The van der Waals surface area contributed by atoms with Gasteiger partial charge in [-0.1, -0.05) is 17.2 Å². The Hall–Kier alpha value is -2.98. The molecule has 1 aromatic carbocycles. The van der Waals surface area contributed by atoms with Crippen molar-refractivity contribution in [2.24, 2.45) is 0 Å². The molecule has 0 aliphatic carbocycles. The molecule has 2 aliphatic heterocycles. The second-order valence-corrected chi connectivity index (χ2v) is 8.68. The van der Waals surface area contributed by atoms with Crippen LogP contribution in [-0.2, 0) is 14.3 Å². The normalized spacial score (nSPS) is 21.9. The number of piperidine rings is 1. The third kappa shape index (κ3) is 5.01. The minimum absolute atomic E-state index is 0.0500. The van der Waals surface area contributed by atoms with Crippen molar-refractivity contribution < 1.29 is 23.8 Å². The van der Waals surface area contributed by atoms with E-state index < -0.39 is 11.6 Å². The van der Waals surface area contributed by atoms with Gasteiger partial charge in [-0.2, -0.15) is 0 Å². The van der Waals surface area contributed by atoms with E-state index >= 15 is 0 Å². The van der Waals surface area contributed by atoms with Gasteiger partial charge in [0.2, 0.25) is 11.8 Å². The van der Waals surface area contributed by atoms with Crippen LogP contribution in [0.3, 0.4) is 0 Å². The minimum Gasteiger partial charge on any atom is -0.479 e. The van der Waals surface area contributed by atoms with Crippen LogP contribution in [0.25, 0.3) is 11.5 Å². The predicted molar refractivity (Wildman–Crippen MR) is 121 cm³/mol. The van der Waals surface area contributed by atoms with Crippen LogP contribution >= 0.6 is 0 Å². The number of ether oxygens (including phenoxy) is 1. The molecule has 1 atom stereocenters. The van der Waals surface area contributed by atoms with Crippen LogP contribution in [0.2, 0.25) is 0 Å².